The number of rotatable bonds is 2. The molecule has 0 bridgehead atoms. The summed E-state index contributed by atoms with van der Waals surface area (Å²) in [5.74, 6) is -0.0456. The highest BCUT2D eigenvalue weighted by molar-refractivity contribution is 6.13. The van der Waals surface area contributed by atoms with E-state index in [9.17, 15) is 9.90 Å². The maximum atomic E-state index is 12.7. The minimum atomic E-state index is -0.106. The second kappa shape index (κ2) is 4.88. The van der Waals surface area contributed by atoms with Gasteiger partial charge in [-0.25, -0.2) is 0 Å². The van der Waals surface area contributed by atoms with Gasteiger partial charge in [0.1, 0.15) is 5.75 Å². The molecule has 19 heavy (non-hydrogen) atoms. The Bertz CT molecular complexity index is 611. The van der Waals surface area contributed by atoms with Crippen molar-refractivity contribution < 1.29 is 9.90 Å². The van der Waals surface area contributed by atoms with E-state index in [1.54, 1.807) is 6.07 Å². The number of hydrogen-bond donors (Lipinski definition) is 1. The number of carbonyl (C=O) groups excluding carboxylic acids is 1. The van der Waals surface area contributed by atoms with Crippen LogP contribution in [-0.4, -0.2) is 10.9 Å². The standard InChI is InChI=1S/C17H18O2/c1-10-8-13(4)16(14(18)9-10)17(19)15-11(2)6-5-7-12(15)3/h5-9,18H,1-4H3. The molecule has 0 spiro atoms. The molecule has 98 valence electrons. The molecule has 0 aliphatic heterocycles. The third-order valence-corrected chi connectivity index (χ3v) is 3.39. The van der Waals surface area contributed by atoms with Crippen molar-refractivity contribution >= 4 is 5.78 Å². The van der Waals surface area contributed by atoms with E-state index in [2.05, 4.69) is 0 Å². The van der Waals surface area contributed by atoms with Gasteiger partial charge in [0.05, 0.1) is 5.56 Å². The molecule has 0 fully saturated rings. The zero-order chi connectivity index (χ0) is 14.2. The van der Waals surface area contributed by atoms with Gasteiger partial charge in [-0.1, -0.05) is 24.3 Å². The van der Waals surface area contributed by atoms with Gasteiger partial charge in [-0.05, 0) is 56.0 Å². The van der Waals surface area contributed by atoms with Gasteiger partial charge < -0.3 is 5.11 Å². The Kier molecular flexibility index (Phi) is 3.43. The van der Waals surface area contributed by atoms with Gasteiger partial charge in [0, 0.05) is 5.56 Å². The normalized spacial score (nSPS) is 10.5. The molecular weight excluding hydrogens is 236 g/mol. The van der Waals surface area contributed by atoms with Crippen LogP contribution in [0.4, 0.5) is 0 Å². The van der Waals surface area contributed by atoms with Crippen LogP contribution in [0.3, 0.4) is 0 Å². The van der Waals surface area contributed by atoms with E-state index in [1.807, 2.05) is 52.0 Å². The zero-order valence-corrected chi connectivity index (χ0v) is 11.7. The minimum absolute atomic E-state index is 0.0603. The van der Waals surface area contributed by atoms with Crippen LogP contribution in [0, 0.1) is 27.7 Å². The summed E-state index contributed by atoms with van der Waals surface area (Å²) in [7, 11) is 0. The summed E-state index contributed by atoms with van der Waals surface area (Å²) in [5.41, 5.74) is 4.72. The number of ketones is 1. The molecule has 0 radical (unpaired) electrons. The molecule has 0 saturated carbocycles. The lowest BCUT2D eigenvalue weighted by Crippen LogP contribution is -2.08. The molecule has 2 nitrogen and oxygen atoms in total. The Morgan fingerprint density at radius 2 is 1.47 bits per heavy atom. The van der Waals surface area contributed by atoms with Crippen molar-refractivity contribution in [3.05, 3.63) is 63.7 Å². The second-order valence-electron chi connectivity index (χ2n) is 5.07. The quantitative estimate of drug-likeness (QED) is 0.826. The lowest BCUT2D eigenvalue weighted by atomic mass is 9.91. The zero-order valence-electron chi connectivity index (χ0n) is 11.7. The van der Waals surface area contributed by atoms with Crippen molar-refractivity contribution in [3.8, 4) is 5.75 Å². The van der Waals surface area contributed by atoms with Gasteiger partial charge in [-0.2, -0.15) is 0 Å². The van der Waals surface area contributed by atoms with E-state index >= 15 is 0 Å². The Morgan fingerprint density at radius 1 is 0.895 bits per heavy atom. The van der Waals surface area contributed by atoms with E-state index in [4.69, 9.17) is 0 Å². The topological polar surface area (TPSA) is 37.3 Å². The Hall–Kier alpha value is -2.09. The van der Waals surface area contributed by atoms with Crippen molar-refractivity contribution in [2.45, 2.75) is 27.7 Å². The van der Waals surface area contributed by atoms with Gasteiger partial charge in [-0.15, -0.1) is 0 Å². The van der Waals surface area contributed by atoms with Crippen LogP contribution in [0.1, 0.15) is 38.2 Å². The van der Waals surface area contributed by atoms with Crippen LogP contribution in [0.2, 0.25) is 0 Å². The van der Waals surface area contributed by atoms with Crippen molar-refractivity contribution in [1.82, 2.24) is 0 Å². The highest BCUT2D eigenvalue weighted by atomic mass is 16.3. The maximum absolute atomic E-state index is 12.7. The molecule has 2 heteroatoms. The first kappa shape index (κ1) is 13.3. The van der Waals surface area contributed by atoms with Crippen molar-refractivity contribution in [2.75, 3.05) is 0 Å². The molecule has 0 unspecified atom stereocenters. The Labute approximate surface area is 113 Å². The molecule has 0 aliphatic rings. The van der Waals surface area contributed by atoms with Crippen LogP contribution in [0.15, 0.2) is 30.3 Å². The smallest absolute Gasteiger partial charge is 0.197 e. The minimum Gasteiger partial charge on any atom is -0.507 e. The molecule has 2 aromatic rings. The fourth-order valence-electron chi connectivity index (χ4n) is 2.54. The highest BCUT2D eigenvalue weighted by Crippen LogP contribution is 2.28. The monoisotopic (exact) mass is 254 g/mol. The van der Waals surface area contributed by atoms with Gasteiger partial charge in [0.25, 0.3) is 0 Å². The van der Waals surface area contributed by atoms with Crippen molar-refractivity contribution in [2.24, 2.45) is 0 Å². The third-order valence-electron chi connectivity index (χ3n) is 3.39. The third kappa shape index (κ3) is 2.39. The van der Waals surface area contributed by atoms with Crippen LogP contribution in [0.5, 0.6) is 5.75 Å². The average Bonchev–Trinajstić information content (AvgIpc) is 2.26. The van der Waals surface area contributed by atoms with Crippen molar-refractivity contribution in [3.63, 3.8) is 0 Å². The molecule has 0 atom stereocenters. The van der Waals surface area contributed by atoms with E-state index in [1.165, 1.54) is 0 Å². The summed E-state index contributed by atoms with van der Waals surface area (Å²) in [6, 6.07) is 9.32. The molecular formula is C17H18O2. The number of aryl methyl sites for hydroxylation is 4. The fraction of sp³-hybridized carbons (Fsp3) is 0.235. The molecule has 2 aromatic carbocycles. The molecule has 0 amide bonds. The van der Waals surface area contributed by atoms with E-state index < -0.39 is 0 Å². The van der Waals surface area contributed by atoms with Gasteiger partial charge in [-0.3, -0.25) is 4.79 Å². The van der Waals surface area contributed by atoms with E-state index in [-0.39, 0.29) is 11.5 Å². The highest BCUT2D eigenvalue weighted by Gasteiger charge is 2.19. The summed E-state index contributed by atoms with van der Waals surface area (Å²) in [6.45, 7) is 7.59. The number of aromatic hydroxyl groups is 1. The summed E-state index contributed by atoms with van der Waals surface area (Å²) in [6.07, 6.45) is 0. The summed E-state index contributed by atoms with van der Waals surface area (Å²) < 4.78 is 0. The van der Waals surface area contributed by atoms with E-state index in [0.717, 1.165) is 22.3 Å². The number of benzene rings is 2. The number of phenolic OH excluding ortho intramolecular Hbond substituents is 1. The van der Waals surface area contributed by atoms with Crippen LogP contribution >= 0.6 is 0 Å². The van der Waals surface area contributed by atoms with Crippen LogP contribution in [0.25, 0.3) is 0 Å². The first-order valence-corrected chi connectivity index (χ1v) is 6.33. The first-order chi connectivity index (χ1) is 8.91. The summed E-state index contributed by atoms with van der Waals surface area (Å²) >= 11 is 0. The second-order valence-corrected chi connectivity index (χ2v) is 5.07. The van der Waals surface area contributed by atoms with Gasteiger partial charge in [0.15, 0.2) is 5.78 Å². The molecule has 1 N–H and O–H groups in total. The molecule has 0 aliphatic carbocycles. The largest absolute Gasteiger partial charge is 0.507 e. The Morgan fingerprint density at radius 3 is 2.00 bits per heavy atom. The first-order valence-electron chi connectivity index (χ1n) is 6.33. The Balaban J connectivity index is 2.64. The molecule has 2 rings (SSSR count). The number of carbonyl (C=O) groups is 1. The number of phenols is 1. The average molecular weight is 254 g/mol. The van der Waals surface area contributed by atoms with Crippen LogP contribution in [-0.2, 0) is 0 Å². The molecule has 0 saturated heterocycles. The predicted octanol–water partition coefficient (Wildman–Crippen LogP) is 3.86. The van der Waals surface area contributed by atoms with E-state index in [0.29, 0.717) is 11.1 Å². The summed E-state index contributed by atoms with van der Waals surface area (Å²) in [4.78, 5) is 12.7. The number of hydrogen-bond acceptors (Lipinski definition) is 2. The summed E-state index contributed by atoms with van der Waals surface area (Å²) in [5, 5.41) is 10.1. The van der Waals surface area contributed by atoms with Crippen LogP contribution < -0.4 is 0 Å². The lowest BCUT2D eigenvalue weighted by Gasteiger charge is -2.12. The SMILES string of the molecule is Cc1cc(C)c(C(=O)c2c(C)cccc2C)c(O)c1. The molecule has 0 heterocycles. The maximum Gasteiger partial charge on any atom is 0.197 e. The van der Waals surface area contributed by atoms with Gasteiger partial charge >= 0.3 is 0 Å². The lowest BCUT2D eigenvalue weighted by molar-refractivity contribution is 0.103. The fourth-order valence-corrected chi connectivity index (χ4v) is 2.54. The van der Waals surface area contributed by atoms with Crippen molar-refractivity contribution in [1.29, 1.82) is 0 Å². The molecule has 0 aromatic heterocycles. The predicted molar refractivity (Wildman–Crippen MR) is 76.9 cm³/mol. The van der Waals surface area contributed by atoms with Gasteiger partial charge in [0.2, 0.25) is 0 Å².